The Kier molecular flexibility index (Phi) is 4.12. The van der Waals surface area contributed by atoms with Crippen molar-refractivity contribution in [1.29, 1.82) is 0 Å². The van der Waals surface area contributed by atoms with Crippen LogP contribution in [0.4, 0.5) is 10.1 Å². The summed E-state index contributed by atoms with van der Waals surface area (Å²) in [4.78, 5) is 12.7. The van der Waals surface area contributed by atoms with Crippen molar-refractivity contribution in [1.82, 2.24) is 4.90 Å². The molecule has 16 heavy (non-hydrogen) atoms. The molecule has 0 saturated heterocycles. The van der Waals surface area contributed by atoms with Gasteiger partial charge < -0.3 is 15.4 Å². The van der Waals surface area contributed by atoms with E-state index in [4.69, 9.17) is 10.5 Å². The van der Waals surface area contributed by atoms with Gasteiger partial charge in [-0.05, 0) is 22.0 Å². The summed E-state index contributed by atoms with van der Waals surface area (Å²) in [6, 6.07) is 2.37. The van der Waals surface area contributed by atoms with Gasteiger partial charge in [0.05, 0.1) is 10.2 Å². The molecule has 0 spiro atoms. The number of anilines is 1. The highest BCUT2D eigenvalue weighted by Crippen LogP contribution is 2.32. The number of nitrogen functional groups attached to an aromatic ring is 1. The molecule has 1 rings (SSSR count). The molecule has 0 unspecified atom stereocenters. The Morgan fingerprint density at radius 3 is 2.69 bits per heavy atom. The van der Waals surface area contributed by atoms with Crippen LogP contribution in [0.15, 0.2) is 16.6 Å². The topological polar surface area (TPSA) is 55.6 Å². The Labute approximate surface area is 101 Å². The van der Waals surface area contributed by atoms with E-state index in [2.05, 4.69) is 15.9 Å². The van der Waals surface area contributed by atoms with Crippen LogP contribution in [0.3, 0.4) is 0 Å². The maximum atomic E-state index is 12.9. The van der Waals surface area contributed by atoms with Crippen molar-refractivity contribution in [3.63, 3.8) is 0 Å². The zero-order chi connectivity index (χ0) is 12.3. The lowest BCUT2D eigenvalue weighted by Gasteiger charge is -2.13. The van der Waals surface area contributed by atoms with E-state index in [1.54, 1.807) is 14.1 Å². The first-order valence-corrected chi connectivity index (χ1v) is 5.28. The van der Waals surface area contributed by atoms with E-state index in [0.717, 1.165) is 6.07 Å². The van der Waals surface area contributed by atoms with Crippen LogP contribution in [0.2, 0.25) is 0 Å². The van der Waals surface area contributed by atoms with Gasteiger partial charge in [-0.2, -0.15) is 0 Å². The van der Waals surface area contributed by atoms with Gasteiger partial charge in [-0.15, -0.1) is 0 Å². The second kappa shape index (κ2) is 5.16. The van der Waals surface area contributed by atoms with E-state index in [0.29, 0.717) is 4.47 Å². The van der Waals surface area contributed by atoms with Crippen LogP contribution < -0.4 is 10.5 Å². The molecule has 4 nitrogen and oxygen atoms in total. The minimum absolute atomic E-state index is 0.137. The number of nitrogens with two attached hydrogens (primary N) is 1. The van der Waals surface area contributed by atoms with Crippen LogP contribution >= 0.6 is 15.9 Å². The van der Waals surface area contributed by atoms with Crippen LogP contribution in [-0.2, 0) is 4.79 Å². The molecular weight excluding hydrogens is 279 g/mol. The third-order valence-corrected chi connectivity index (χ3v) is 2.46. The number of carbonyl (C=O) groups excluding carboxylic acids is 1. The molecule has 0 bridgehead atoms. The van der Waals surface area contributed by atoms with Crippen LogP contribution in [0.1, 0.15) is 0 Å². The van der Waals surface area contributed by atoms with Crippen molar-refractivity contribution >= 4 is 27.5 Å². The highest BCUT2D eigenvalue weighted by atomic mass is 79.9. The van der Waals surface area contributed by atoms with E-state index >= 15 is 0 Å². The molecule has 0 radical (unpaired) electrons. The molecule has 0 heterocycles. The number of likely N-dealkylation sites (N-methyl/N-ethyl adjacent to an activating group) is 1. The van der Waals surface area contributed by atoms with Gasteiger partial charge in [-0.25, -0.2) is 4.39 Å². The third kappa shape index (κ3) is 3.10. The van der Waals surface area contributed by atoms with Crippen molar-refractivity contribution in [2.24, 2.45) is 0 Å². The quantitative estimate of drug-likeness (QED) is 0.861. The number of nitrogens with zero attached hydrogens (tertiary/aromatic N) is 1. The highest BCUT2D eigenvalue weighted by molar-refractivity contribution is 9.10. The molecule has 0 saturated carbocycles. The Morgan fingerprint density at radius 2 is 2.19 bits per heavy atom. The fraction of sp³-hybridized carbons (Fsp3) is 0.300. The molecule has 0 fully saturated rings. The summed E-state index contributed by atoms with van der Waals surface area (Å²) in [6.45, 7) is -0.137. The summed E-state index contributed by atoms with van der Waals surface area (Å²) in [5, 5.41) is 0. The fourth-order valence-corrected chi connectivity index (χ4v) is 1.56. The number of benzene rings is 1. The molecule has 1 aromatic carbocycles. The minimum atomic E-state index is -0.462. The Morgan fingerprint density at radius 1 is 1.56 bits per heavy atom. The average molecular weight is 291 g/mol. The molecule has 0 aliphatic heterocycles. The number of ether oxygens (including phenoxy) is 1. The number of rotatable bonds is 3. The minimum Gasteiger partial charge on any atom is -0.480 e. The second-order valence-corrected chi connectivity index (χ2v) is 4.24. The fourth-order valence-electron chi connectivity index (χ4n) is 0.996. The summed E-state index contributed by atoms with van der Waals surface area (Å²) in [7, 11) is 3.24. The van der Waals surface area contributed by atoms with Gasteiger partial charge in [0.25, 0.3) is 5.91 Å². The van der Waals surface area contributed by atoms with Crippen LogP contribution in [0.25, 0.3) is 0 Å². The van der Waals surface area contributed by atoms with Crippen molar-refractivity contribution in [2.75, 3.05) is 26.4 Å². The maximum absolute atomic E-state index is 12.9. The third-order valence-electron chi connectivity index (χ3n) is 1.88. The Hall–Kier alpha value is -1.30. The summed E-state index contributed by atoms with van der Waals surface area (Å²) in [5.74, 6) is -0.386. The van der Waals surface area contributed by atoms with Gasteiger partial charge in [-0.3, -0.25) is 4.79 Å². The van der Waals surface area contributed by atoms with E-state index < -0.39 is 5.82 Å². The Bertz CT molecular complexity index is 387. The van der Waals surface area contributed by atoms with E-state index in [9.17, 15) is 9.18 Å². The van der Waals surface area contributed by atoms with E-state index in [-0.39, 0.29) is 24.0 Å². The van der Waals surface area contributed by atoms with E-state index in [1.165, 1.54) is 11.0 Å². The summed E-state index contributed by atoms with van der Waals surface area (Å²) < 4.78 is 18.5. The van der Waals surface area contributed by atoms with Gasteiger partial charge in [0.2, 0.25) is 0 Å². The lowest BCUT2D eigenvalue weighted by atomic mass is 10.3. The molecule has 88 valence electrons. The normalized spacial score (nSPS) is 10.0. The molecule has 0 aliphatic carbocycles. The van der Waals surface area contributed by atoms with Gasteiger partial charge in [0.1, 0.15) is 5.82 Å². The predicted octanol–water partition coefficient (Wildman–Crippen LogP) is 1.64. The number of amides is 1. The van der Waals surface area contributed by atoms with Crippen LogP contribution in [-0.4, -0.2) is 31.5 Å². The van der Waals surface area contributed by atoms with Gasteiger partial charge in [0.15, 0.2) is 12.4 Å². The van der Waals surface area contributed by atoms with Crippen molar-refractivity contribution in [3.8, 4) is 5.75 Å². The highest BCUT2D eigenvalue weighted by Gasteiger charge is 2.11. The van der Waals surface area contributed by atoms with Crippen molar-refractivity contribution in [2.45, 2.75) is 0 Å². The standard InChI is InChI=1S/C10H12BrFN2O2/c1-14(2)9(15)5-16-10-7(11)3-6(12)4-8(10)13/h3-4H,5,13H2,1-2H3. The summed E-state index contributed by atoms with van der Waals surface area (Å²) in [5.41, 5.74) is 5.72. The lowest BCUT2D eigenvalue weighted by molar-refractivity contribution is -0.130. The van der Waals surface area contributed by atoms with Gasteiger partial charge in [0, 0.05) is 20.2 Å². The SMILES string of the molecule is CN(C)C(=O)COc1c(N)cc(F)cc1Br. The summed E-state index contributed by atoms with van der Waals surface area (Å²) in [6.07, 6.45) is 0. The first-order valence-electron chi connectivity index (χ1n) is 4.49. The molecule has 2 N–H and O–H groups in total. The molecule has 0 aromatic heterocycles. The Balaban J connectivity index is 2.78. The zero-order valence-electron chi connectivity index (χ0n) is 8.96. The maximum Gasteiger partial charge on any atom is 0.259 e. The molecule has 1 aromatic rings. The molecule has 1 amide bonds. The van der Waals surface area contributed by atoms with Crippen molar-refractivity contribution in [3.05, 3.63) is 22.4 Å². The monoisotopic (exact) mass is 290 g/mol. The second-order valence-electron chi connectivity index (χ2n) is 3.38. The molecule has 0 aliphatic rings. The lowest BCUT2D eigenvalue weighted by Crippen LogP contribution is -2.27. The number of hydrogen-bond donors (Lipinski definition) is 1. The number of halogens is 2. The smallest absolute Gasteiger partial charge is 0.259 e. The van der Waals surface area contributed by atoms with Gasteiger partial charge in [-0.1, -0.05) is 0 Å². The molecule has 0 atom stereocenters. The number of carbonyl (C=O) groups is 1. The van der Waals surface area contributed by atoms with Crippen LogP contribution in [0, 0.1) is 5.82 Å². The average Bonchev–Trinajstić information content (AvgIpc) is 2.15. The van der Waals surface area contributed by atoms with Crippen molar-refractivity contribution < 1.29 is 13.9 Å². The largest absolute Gasteiger partial charge is 0.480 e. The van der Waals surface area contributed by atoms with E-state index in [1.807, 2.05) is 0 Å². The zero-order valence-corrected chi connectivity index (χ0v) is 10.5. The van der Waals surface area contributed by atoms with Gasteiger partial charge >= 0.3 is 0 Å². The predicted molar refractivity (Wildman–Crippen MR) is 62.7 cm³/mol. The van der Waals surface area contributed by atoms with Crippen LogP contribution in [0.5, 0.6) is 5.75 Å². The number of hydrogen-bond acceptors (Lipinski definition) is 3. The molecular formula is C10H12BrFN2O2. The summed E-state index contributed by atoms with van der Waals surface area (Å²) >= 11 is 3.12. The first-order chi connectivity index (χ1) is 7.41. The molecule has 6 heteroatoms. The first kappa shape index (κ1) is 12.8.